The summed E-state index contributed by atoms with van der Waals surface area (Å²) in [4.78, 5) is 16.8. The molecular formula is C16H7Br2NO2S. The molecule has 2 aromatic heterocycles. The third-order valence-electron chi connectivity index (χ3n) is 3.28. The molecule has 22 heavy (non-hydrogen) atoms. The first kappa shape index (κ1) is 14.1. The molecule has 0 spiro atoms. The summed E-state index contributed by atoms with van der Waals surface area (Å²) in [5.41, 5.74) is 1.53. The van der Waals surface area contributed by atoms with Crippen molar-refractivity contribution in [3.05, 3.63) is 61.8 Å². The quantitative estimate of drug-likeness (QED) is 0.365. The van der Waals surface area contributed by atoms with Crippen LogP contribution in [0.5, 0.6) is 0 Å². The van der Waals surface area contributed by atoms with Crippen LogP contribution < -0.4 is 5.63 Å². The van der Waals surface area contributed by atoms with Crippen LogP contribution in [0.4, 0.5) is 0 Å². The van der Waals surface area contributed by atoms with Crippen molar-refractivity contribution in [3.63, 3.8) is 0 Å². The summed E-state index contributed by atoms with van der Waals surface area (Å²) in [6.07, 6.45) is 0. The standard InChI is InChI=1S/C16H7Br2NO2S/c17-9-5-8-6-10(16(20)21-14(8)11(18)7-9)15-19-12-3-1-2-4-13(12)22-15/h1-7H. The molecule has 6 heteroatoms. The van der Waals surface area contributed by atoms with Crippen molar-refractivity contribution in [2.75, 3.05) is 0 Å². The number of hydrogen-bond donors (Lipinski definition) is 0. The van der Waals surface area contributed by atoms with Gasteiger partial charge in [0.2, 0.25) is 0 Å². The molecule has 0 N–H and O–H groups in total. The van der Waals surface area contributed by atoms with Gasteiger partial charge in [-0.1, -0.05) is 28.1 Å². The molecule has 0 fully saturated rings. The average molecular weight is 437 g/mol. The van der Waals surface area contributed by atoms with E-state index >= 15 is 0 Å². The van der Waals surface area contributed by atoms with Crippen LogP contribution in [-0.2, 0) is 0 Å². The first-order valence-corrected chi connectivity index (χ1v) is 8.81. The van der Waals surface area contributed by atoms with Gasteiger partial charge in [0.15, 0.2) is 5.58 Å². The van der Waals surface area contributed by atoms with Gasteiger partial charge in [0.1, 0.15) is 5.01 Å². The van der Waals surface area contributed by atoms with Crippen molar-refractivity contribution in [1.82, 2.24) is 4.98 Å². The van der Waals surface area contributed by atoms with Gasteiger partial charge in [0.25, 0.3) is 0 Å². The molecule has 2 heterocycles. The summed E-state index contributed by atoms with van der Waals surface area (Å²) in [7, 11) is 0. The van der Waals surface area contributed by atoms with E-state index in [4.69, 9.17) is 4.42 Å². The Hall–Kier alpha value is -1.50. The van der Waals surface area contributed by atoms with Gasteiger partial charge in [-0.2, -0.15) is 0 Å². The van der Waals surface area contributed by atoms with Crippen molar-refractivity contribution in [1.29, 1.82) is 0 Å². The molecule has 0 unspecified atom stereocenters. The third kappa shape index (κ3) is 2.31. The number of hydrogen-bond acceptors (Lipinski definition) is 4. The Bertz CT molecular complexity index is 1050. The predicted molar refractivity (Wildman–Crippen MR) is 96.5 cm³/mol. The van der Waals surface area contributed by atoms with Crippen molar-refractivity contribution in [3.8, 4) is 10.6 Å². The van der Waals surface area contributed by atoms with E-state index < -0.39 is 0 Å². The molecular weight excluding hydrogens is 430 g/mol. The molecule has 0 saturated heterocycles. The fourth-order valence-corrected chi connectivity index (χ4v) is 4.60. The van der Waals surface area contributed by atoms with Crippen LogP contribution in [-0.4, -0.2) is 4.98 Å². The SMILES string of the molecule is O=c1oc2c(Br)cc(Br)cc2cc1-c1nc2ccccc2s1. The molecule has 0 aliphatic heterocycles. The van der Waals surface area contributed by atoms with Gasteiger partial charge in [-0.05, 0) is 46.3 Å². The van der Waals surface area contributed by atoms with Crippen molar-refractivity contribution < 1.29 is 4.42 Å². The van der Waals surface area contributed by atoms with Gasteiger partial charge in [0, 0.05) is 9.86 Å². The fourth-order valence-electron chi connectivity index (χ4n) is 2.29. The first-order valence-electron chi connectivity index (χ1n) is 6.41. The van der Waals surface area contributed by atoms with Crippen LogP contribution >= 0.6 is 43.2 Å². The fraction of sp³-hybridized carbons (Fsp3) is 0. The Kier molecular flexibility index (Phi) is 3.40. The summed E-state index contributed by atoms with van der Waals surface area (Å²) >= 11 is 8.35. The lowest BCUT2D eigenvalue weighted by molar-refractivity contribution is 0.561. The van der Waals surface area contributed by atoms with Gasteiger partial charge in [-0.15, -0.1) is 11.3 Å². The van der Waals surface area contributed by atoms with Gasteiger partial charge >= 0.3 is 5.63 Å². The molecule has 0 amide bonds. The van der Waals surface area contributed by atoms with Crippen LogP contribution in [0.15, 0.2) is 60.6 Å². The predicted octanol–water partition coefficient (Wildman–Crippen LogP) is 5.59. The van der Waals surface area contributed by atoms with Crippen molar-refractivity contribution in [2.45, 2.75) is 0 Å². The summed E-state index contributed by atoms with van der Waals surface area (Å²) in [5, 5.41) is 1.52. The summed E-state index contributed by atoms with van der Waals surface area (Å²) in [6.45, 7) is 0. The monoisotopic (exact) mass is 435 g/mol. The molecule has 3 nitrogen and oxygen atoms in total. The van der Waals surface area contributed by atoms with Crippen molar-refractivity contribution in [2.24, 2.45) is 0 Å². The van der Waals surface area contributed by atoms with E-state index in [0.717, 1.165) is 24.5 Å². The maximum atomic E-state index is 12.3. The first-order chi connectivity index (χ1) is 10.6. The zero-order valence-corrected chi connectivity index (χ0v) is 15.0. The highest BCUT2D eigenvalue weighted by Crippen LogP contribution is 2.32. The van der Waals surface area contributed by atoms with Crippen LogP contribution in [0.1, 0.15) is 0 Å². The van der Waals surface area contributed by atoms with E-state index in [1.807, 2.05) is 42.5 Å². The van der Waals surface area contributed by atoms with E-state index in [-0.39, 0.29) is 5.63 Å². The zero-order valence-electron chi connectivity index (χ0n) is 11.0. The zero-order chi connectivity index (χ0) is 15.3. The molecule has 4 aromatic rings. The molecule has 2 aromatic carbocycles. The molecule has 0 bridgehead atoms. The minimum Gasteiger partial charge on any atom is -0.421 e. The maximum absolute atomic E-state index is 12.3. The Morgan fingerprint density at radius 3 is 2.73 bits per heavy atom. The number of nitrogens with zero attached hydrogens (tertiary/aromatic N) is 1. The van der Waals surface area contributed by atoms with Gasteiger partial charge in [-0.25, -0.2) is 9.78 Å². The second-order valence-electron chi connectivity index (χ2n) is 4.74. The molecule has 0 aliphatic rings. The number of rotatable bonds is 1. The number of aromatic nitrogens is 1. The second-order valence-corrected chi connectivity index (χ2v) is 7.54. The largest absolute Gasteiger partial charge is 0.421 e. The Balaban J connectivity index is 2.02. The van der Waals surface area contributed by atoms with Gasteiger partial charge < -0.3 is 4.42 Å². The Labute approximate surface area is 145 Å². The normalized spacial score (nSPS) is 11.4. The lowest BCUT2D eigenvalue weighted by atomic mass is 10.2. The molecule has 4 rings (SSSR count). The summed E-state index contributed by atoms with van der Waals surface area (Å²) in [5.74, 6) is 0. The molecule has 108 valence electrons. The Morgan fingerprint density at radius 2 is 1.91 bits per heavy atom. The smallest absolute Gasteiger partial charge is 0.346 e. The number of fused-ring (bicyclic) bond motifs is 2. The van der Waals surface area contributed by atoms with E-state index in [1.165, 1.54) is 11.3 Å². The summed E-state index contributed by atoms with van der Waals surface area (Å²) in [6, 6.07) is 13.4. The maximum Gasteiger partial charge on any atom is 0.346 e. The van der Waals surface area contributed by atoms with E-state index in [0.29, 0.717) is 16.2 Å². The van der Waals surface area contributed by atoms with Crippen molar-refractivity contribution >= 4 is 64.4 Å². The van der Waals surface area contributed by atoms with Gasteiger partial charge in [0.05, 0.1) is 20.3 Å². The second kappa shape index (κ2) is 5.30. The summed E-state index contributed by atoms with van der Waals surface area (Å²) < 4.78 is 8.17. The number of benzene rings is 2. The molecule has 0 radical (unpaired) electrons. The Morgan fingerprint density at radius 1 is 1.09 bits per heavy atom. The van der Waals surface area contributed by atoms with E-state index in [9.17, 15) is 4.79 Å². The van der Waals surface area contributed by atoms with Crippen LogP contribution in [0, 0.1) is 0 Å². The lowest BCUT2D eigenvalue weighted by Gasteiger charge is -2.02. The van der Waals surface area contributed by atoms with Crippen LogP contribution in [0.25, 0.3) is 31.8 Å². The van der Waals surface area contributed by atoms with Crippen LogP contribution in [0.2, 0.25) is 0 Å². The number of para-hydroxylation sites is 1. The number of thiazole rings is 1. The highest BCUT2D eigenvalue weighted by atomic mass is 79.9. The van der Waals surface area contributed by atoms with E-state index in [2.05, 4.69) is 36.8 Å². The van der Waals surface area contributed by atoms with Gasteiger partial charge in [-0.3, -0.25) is 0 Å². The highest BCUT2D eigenvalue weighted by Gasteiger charge is 2.14. The minimum atomic E-state index is -0.380. The van der Waals surface area contributed by atoms with E-state index in [1.54, 1.807) is 0 Å². The molecule has 0 saturated carbocycles. The molecule has 0 aliphatic carbocycles. The molecule has 0 atom stereocenters. The lowest BCUT2D eigenvalue weighted by Crippen LogP contribution is -2.02. The van der Waals surface area contributed by atoms with Crippen LogP contribution in [0.3, 0.4) is 0 Å². The number of halogens is 2. The third-order valence-corrected chi connectivity index (χ3v) is 5.39. The highest BCUT2D eigenvalue weighted by molar-refractivity contribution is 9.11. The average Bonchev–Trinajstić information content (AvgIpc) is 2.91. The minimum absolute atomic E-state index is 0.380. The topological polar surface area (TPSA) is 43.1 Å².